The van der Waals surface area contributed by atoms with Crippen LogP contribution >= 0.6 is 23.5 Å². The zero-order chi connectivity index (χ0) is 101. The lowest BCUT2D eigenvalue weighted by Gasteiger charge is -2.41. The summed E-state index contributed by atoms with van der Waals surface area (Å²) in [5.74, 6) is -5.47. The second kappa shape index (κ2) is 57.8. The molecule has 29 heteroatoms. The number of methoxy groups -OCH3 is 4. The largest absolute Gasteiger partial charge is 0.379 e. The van der Waals surface area contributed by atoms with E-state index in [0.29, 0.717) is 90.4 Å². The number of ether oxygens (including phenoxy) is 4. The molecule has 2 unspecified atom stereocenters. The number of nitrogens with zero attached hydrogens (tertiary/aromatic N) is 8. The minimum absolute atomic E-state index is 0.0114. The van der Waals surface area contributed by atoms with Crippen LogP contribution in [0.25, 0.3) is 0 Å². The van der Waals surface area contributed by atoms with Crippen LogP contribution in [0, 0.1) is 71.0 Å². The molecule has 4 aliphatic rings. The van der Waals surface area contributed by atoms with Crippen molar-refractivity contribution < 1.29 is 90.9 Å². The molecule has 4 heterocycles. The highest BCUT2D eigenvalue weighted by Gasteiger charge is 2.48. The van der Waals surface area contributed by atoms with Crippen molar-refractivity contribution in [1.29, 1.82) is 0 Å². The van der Waals surface area contributed by atoms with Crippen LogP contribution in [0.15, 0.2) is 60.7 Å². The van der Waals surface area contributed by atoms with E-state index in [1.807, 2.05) is 156 Å². The summed E-state index contributed by atoms with van der Waals surface area (Å²) in [6.45, 7) is 34.7. The topological polar surface area (TPSA) is 319 Å². The lowest BCUT2D eigenvalue weighted by molar-refractivity contribution is -0.149. The van der Waals surface area contributed by atoms with Crippen molar-refractivity contribution in [3.8, 4) is 0 Å². The molecule has 760 valence electrons. The molecule has 21 atom stereocenters. The summed E-state index contributed by atoms with van der Waals surface area (Å²) in [7, 11) is 13.1. The molecule has 0 saturated carbocycles. The summed E-state index contributed by atoms with van der Waals surface area (Å²) in [5, 5.41) is -0.634. The maximum absolute atomic E-state index is 14.7. The molecule has 4 saturated heterocycles. The average molecular weight is 1920 g/mol. The number of carbonyl (C=O) groups excluding carboxylic acids is 15. The number of benzene rings is 2. The fraction of sp³-hybridized carbons (Fsp3) is 0.745. The number of thioether (sulfide) groups is 2. The number of amides is 10. The van der Waals surface area contributed by atoms with Gasteiger partial charge in [0, 0.05) is 164 Å². The summed E-state index contributed by atoms with van der Waals surface area (Å²) >= 11 is 2.77. The summed E-state index contributed by atoms with van der Waals surface area (Å²) in [5.41, 5.74) is 2.19. The highest BCUT2D eigenvalue weighted by molar-refractivity contribution is 8.00. The van der Waals surface area contributed by atoms with Gasteiger partial charge in [0.25, 0.3) is 0 Å². The third-order valence-corrected chi connectivity index (χ3v) is 31.8. The van der Waals surface area contributed by atoms with Crippen LogP contribution in [0.3, 0.4) is 0 Å². The third-order valence-electron chi connectivity index (χ3n) is 29.9. The Morgan fingerprint density at radius 2 is 0.807 bits per heavy atom. The van der Waals surface area contributed by atoms with E-state index in [1.165, 1.54) is 55.6 Å². The Labute approximate surface area is 817 Å². The minimum Gasteiger partial charge on any atom is -0.379 e. The van der Waals surface area contributed by atoms with Gasteiger partial charge in [-0.05, 0) is 136 Å². The van der Waals surface area contributed by atoms with Gasteiger partial charge in [-0.1, -0.05) is 197 Å². The Hall–Kier alpha value is -7.57. The monoisotopic (exact) mass is 1920 g/mol. The molecule has 2 aromatic rings. The van der Waals surface area contributed by atoms with Crippen molar-refractivity contribution in [1.82, 2.24) is 39.2 Å². The first kappa shape index (κ1) is 118. The molecule has 4 aliphatic heterocycles. The number of imide groups is 2. The lowest BCUT2D eigenvalue weighted by atomic mass is 9.81. The van der Waals surface area contributed by atoms with E-state index >= 15 is 0 Å². The van der Waals surface area contributed by atoms with Crippen LogP contribution in [0.5, 0.6) is 0 Å². The first-order valence-corrected chi connectivity index (χ1v) is 52.6. The van der Waals surface area contributed by atoms with Crippen LogP contribution in [0.2, 0.25) is 0 Å². The van der Waals surface area contributed by atoms with E-state index in [-0.39, 0.29) is 216 Å². The molecular formula is C106H170N8O19S2. The molecule has 0 aliphatic carbocycles. The zero-order valence-electron chi connectivity index (χ0n) is 87.0. The second-order valence-corrected chi connectivity index (χ2v) is 42.4. The Kier molecular flexibility index (Phi) is 50.5. The summed E-state index contributed by atoms with van der Waals surface area (Å²) < 4.78 is 24.3. The van der Waals surface area contributed by atoms with Crippen LogP contribution in [-0.2, 0) is 97.3 Å². The molecule has 27 nitrogen and oxygen atoms in total. The molecule has 2 aromatic carbocycles. The van der Waals surface area contributed by atoms with E-state index in [2.05, 4.69) is 32.9 Å². The number of Topliss-reactive ketones (excluding diaryl/α,β-unsaturated/α-hetero) is 5. The molecule has 135 heavy (non-hydrogen) atoms. The normalized spacial score (nSPS) is 20.3. The van der Waals surface area contributed by atoms with Crippen molar-refractivity contribution in [3.63, 3.8) is 0 Å². The number of ketones is 5. The molecule has 0 aromatic heterocycles. The van der Waals surface area contributed by atoms with E-state index in [4.69, 9.17) is 18.9 Å². The van der Waals surface area contributed by atoms with Gasteiger partial charge in [-0.15, -0.1) is 0 Å². The van der Waals surface area contributed by atoms with Crippen molar-refractivity contribution in [2.75, 3.05) is 95.3 Å². The second-order valence-electron chi connectivity index (χ2n) is 40.4. The molecule has 0 bridgehead atoms. The average Bonchev–Trinajstić information content (AvgIpc) is 1.30. The molecule has 0 N–H and O–H groups in total. The predicted molar refractivity (Wildman–Crippen MR) is 533 cm³/mol. The van der Waals surface area contributed by atoms with Gasteiger partial charge in [0.1, 0.15) is 17.3 Å². The minimum atomic E-state index is -0.743. The van der Waals surface area contributed by atoms with E-state index in [0.717, 1.165) is 31.2 Å². The molecule has 0 spiro atoms. The SMILES string of the molecule is CC[C@H](C)[C@@H]([C@@H](CC(=O)N1CCC[C@H]1[C@H](OC)[C@@H](C)C(=O)C[C@@H](Cc1ccccc1)C(C)=O)OC)N(C)C(=O)[C@@H](CC(=O)[C@H](C(C)C)N(C)C(=O)CCCCCN1C(=O)CC(SC)C1=O)C(C)C.CC[C@H](C)[C@@H]([C@@H](CC(=O)N1CCC[C@H]1[C@H](OC)[C@@H](C)C(=O)C[C@H](C)[C@@H](C)c1ccccc1)OC)N(C)C(=O)[C@@H](CC(=O)[C@H](C(C)C)N(C)C(=O)CCCCCN1C(=O)CC(SC)C1=O)C(C)C. The Bertz CT molecular complexity index is 4170. The molecule has 0 radical (unpaired) electrons. The number of likely N-dealkylation sites (tertiary alicyclic amines) is 4. The third kappa shape index (κ3) is 32.8. The van der Waals surface area contributed by atoms with Crippen molar-refractivity contribution in [2.45, 2.75) is 342 Å². The van der Waals surface area contributed by atoms with E-state index < -0.39 is 78.2 Å². The van der Waals surface area contributed by atoms with Gasteiger partial charge in [0.2, 0.25) is 59.1 Å². The van der Waals surface area contributed by atoms with E-state index in [1.54, 1.807) is 71.3 Å². The first-order valence-electron chi connectivity index (χ1n) is 50.0. The van der Waals surface area contributed by atoms with Crippen LogP contribution < -0.4 is 0 Å². The molecular weight excluding hydrogens is 1750 g/mol. The molecule has 4 fully saturated rings. The van der Waals surface area contributed by atoms with E-state index in [9.17, 15) is 71.9 Å². The highest BCUT2D eigenvalue weighted by atomic mass is 32.2. The number of carbonyl (C=O) groups is 15. The lowest BCUT2D eigenvalue weighted by Crippen LogP contribution is -2.54. The van der Waals surface area contributed by atoms with Crippen LogP contribution in [0.1, 0.15) is 276 Å². The summed E-state index contributed by atoms with van der Waals surface area (Å²) in [4.78, 5) is 216. The van der Waals surface area contributed by atoms with Crippen LogP contribution in [-0.4, -0.2) is 294 Å². The van der Waals surface area contributed by atoms with Gasteiger partial charge in [-0.3, -0.25) is 81.7 Å². The van der Waals surface area contributed by atoms with Gasteiger partial charge in [0.05, 0.1) is 84.0 Å². The smallest absolute Gasteiger partial charge is 0.242 e. The number of hydrogen-bond donors (Lipinski definition) is 0. The van der Waals surface area contributed by atoms with Crippen LogP contribution in [0.4, 0.5) is 0 Å². The fourth-order valence-electron chi connectivity index (χ4n) is 20.9. The highest BCUT2D eigenvalue weighted by Crippen LogP contribution is 2.38. The Morgan fingerprint density at radius 1 is 0.437 bits per heavy atom. The number of likely N-dealkylation sites (N-methyl/N-ethyl adjacent to an activating group) is 4. The van der Waals surface area contributed by atoms with Crippen molar-refractivity contribution in [2.24, 2.45) is 71.0 Å². The zero-order valence-corrected chi connectivity index (χ0v) is 88.6. The van der Waals surface area contributed by atoms with Gasteiger partial charge in [-0.25, -0.2) is 0 Å². The predicted octanol–water partition coefficient (Wildman–Crippen LogP) is 15.2. The molecule has 10 amide bonds. The maximum Gasteiger partial charge on any atom is 0.242 e. The summed E-state index contributed by atoms with van der Waals surface area (Å²) in [6, 6.07) is 16.8. The van der Waals surface area contributed by atoms with Gasteiger partial charge >= 0.3 is 0 Å². The van der Waals surface area contributed by atoms with Gasteiger partial charge in [0.15, 0.2) is 11.6 Å². The number of unbranched alkanes of at least 4 members (excludes halogenated alkanes) is 4. The van der Waals surface area contributed by atoms with Crippen molar-refractivity contribution in [3.05, 3.63) is 71.8 Å². The number of rotatable bonds is 59. The summed E-state index contributed by atoms with van der Waals surface area (Å²) in [6.07, 6.45) is 11.0. The quantitative estimate of drug-likeness (QED) is 0.0439. The number of hydrogen-bond acceptors (Lipinski definition) is 21. The first-order chi connectivity index (χ1) is 63.8. The van der Waals surface area contributed by atoms with Gasteiger partial charge in [-0.2, -0.15) is 23.5 Å². The molecule has 6 rings (SSSR count). The Morgan fingerprint density at radius 3 is 1.13 bits per heavy atom. The van der Waals surface area contributed by atoms with Crippen molar-refractivity contribution >= 4 is 112 Å². The maximum atomic E-state index is 14.7. The fourth-order valence-corrected chi connectivity index (χ4v) is 22.1. The standard InChI is InChI=1S/C53H84N4O10S.C53H86N4O9S/c1-14-35(6)50(44(66-11)31-47(62)56-27-21-24-41(56)51(67-12)36(7)42(59)29-39(37(8)58)28-38-22-17-15-18-23-38)55(10)52(64)40(33(2)3)30-43(60)49(34(4)5)54(9)46(61)25-19-16-20-26-57-48(63)32-45(68-13)53(57)65;1-15-35(6)50(44(65-12)31-47(61)56-28-22-25-41(56)51(66-13)38(9)42(58)29-36(7)37(8)39-23-18-16-19-24-39)55(11)52(63)40(33(2)3)30-43(59)49(34(4)5)54(10)46(60)26-20-17-21-27-57-48(62)32-45(67-14)53(57)64/h15,17-18,22-23,33-36,39-41,44-45,49-51H,14,16,19-21,24-32H2,1-13H3;16,18-19,23-24,33-38,40-41,44-45,49-51H,15,17,20-22,25-32H2,1-14H3/t35-,36-,39+,40-,41-,44+,45?,49-,50-,51+;35-,36-,37+,38-,40-,41-,44+,45?,49-,50-,51+/m00/s1. The Balaban J connectivity index is 0.000000477. The van der Waals surface area contributed by atoms with Gasteiger partial charge < -0.3 is 48.3 Å².